The number of hydrogen-bond acceptors (Lipinski definition) is 2. The maximum atomic E-state index is 4.77. The minimum Gasteiger partial charge on any atom is -0.364 e. The molecule has 5 rings (SSSR count). The zero-order valence-corrected chi connectivity index (χ0v) is 22.2. The van der Waals surface area contributed by atoms with Crippen LogP contribution in [-0.2, 0) is 19.4 Å². The van der Waals surface area contributed by atoms with E-state index in [2.05, 4.69) is 104 Å². The highest BCUT2D eigenvalue weighted by Gasteiger charge is 2.30. The Bertz CT molecular complexity index is 1250. The number of fused-ring (bicyclic) bond motifs is 1. The highest BCUT2D eigenvalue weighted by molar-refractivity contribution is 5.78. The van der Waals surface area contributed by atoms with E-state index in [0.717, 1.165) is 19.4 Å². The molecule has 0 amide bonds. The van der Waals surface area contributed by atoms with Crippen molar-refractivity contribution in [3.63, 3.8) is 0 Å². The van der Waals surface area contributed by atoms with Gasteiger partial charge in [-0.2, -0.15) is 0 Å². The van der Waals surface area contributed by atoms with E-state index in [1.807, 2.05) is 0 Å². The summed E-state index contributed by atoms with van der Waals surface area (Å²) in [4.78, 5) is 2.67. The van der Waals surface area contributed by atoms with Crippen LogP contribution in [-0.4, -0.2) is 24.0 Å². The van der Waals surface area contributed by atoms with E-state index < -0.39 is 0 Å². The maximum Gasteiger partial charge on any atom is 0.0435 e. The van der Waals surface area contributed by atoms with Crippen LogP contribution >= 0.6 is 0 Å². The Balaban J connectivity index is 1.49. The first-order chi connectivity index (χ1) is 17.6. The molecule has 3 aromatic carbocycles. The lowest BCUT2D eigenvalue weighted by atomic mass is 9.88. The third-order valence-corrected chi connectivity index (χ3v) is 8.52. The summed E-state index contributed by atoms with van der Waals surface area (Å²) in [6.45, 7) is 10.3. The van der Waals surface area contributed by atoms with Crippen molar-refractivity contribution >= 4 is 5.57 Å². The average molecular weight is 477 g/mol. The second-order valence-electron chi connectivity index (χ2n) is 10.5. The predicted molar refractivity (Wildman–Crippen MR) is 154 cm³/mol. The van der Waals surface area contributed by atoms with Gasteiger partial charge in [-0.3, -0.25) is 0 Å². The van der Waals surface area contributed by atoms with Gasteiger partial charge in [0.15, 0.2) is 0 Å². The normalized spacial score (nSPS) is 19.3. The van der Waals surface area contributed by atoms with Gasteiger partial charge in [0.25, 0.3) is 0 Å². The van der Waals surface area contributed by atoms with Crippen molar-refractivity contribution in [1.29, 1.82) is 0 Å². The molecule has 0 heterocycles. The smallest absolute Gasteiger partial charge is 0.0435 e. The first-order valence-electron chi connectivity index (χ1n) is 13.7. The Labute approximate surface area is 217 Å². The second-order valence-corrected chi connectivity index (χ2v) is 10.5. The minimum absolute atomic E-state index is 0.524. The molecule has 0 radical (unpaired) electrons. The Morgan fingerprint density at radius 2 is 1.61 bits per heavy atom. The highest BCUT2D eigenvalue weighted by atomic mass is 15.2. The van der Waals surface area contributed by atoms with Gasteiger partial charge in [-0.05, 0) is 96.7 Å². The molecule has 3 aromatic rings. The molecule has 0 aliphatic heterocycles. The number of nitrogens with one attached hydrogen (secondary N) is 1. The largest absolute Gasteiger partial charge is 0.364 e. The molecule has 2 aliphatic rings. The second kappa shape index (κ2) is 10.9. The van der Waals surface area contributed by atoms with E-state index in [0.29, 0.717) is 12.1 Å². The number of hydrogen-bond donors (Lipinski definition) is 1. The standard InChI is InChI=1S/C34H40N2/c1-5-26-15-16-28(27-11-7-6-8-12-27)21-30(26)23-36(32-19-17-31(35-4)18-20-32)25(3)34-22-29-13-9-10-14-33(29)24(34)2/h6-16,21,31-32,35H,3,5,17-20,22-23H2,1-2,4H3. The lowest BCUT2D eigenvalue weighted by molar-refractivity contribution is 0.180. The monoisotopic (exact) mass is 476 g/mol. The molecule has 1 N–H and O–H groups in total. The van der Waals surface area contributed by atoms with Gasteiger partial charge in [0.2, 0.25) is 0 Å². The molecule has 0 spiro atoms. The fraction of sp³-hybridized carbons (Fsp3) is 0.353. The Kier molecular flexibility index (Phi) is 7.43. The van der Waals surface area contributed by atoms with Crippen molar-refractivity contribution in [3.05, 3.63) is 113 Å². The highest BCUT2D eigenvalue weighted by Crippen LogP contribution is 2.39. The average Bonchev–Trinajstić information content (AvgIpc) is 3.28. The Hall–Kier alpha value is -3.10. The lowest BCUT2D eigenvalue weighted by Crippen LogP contribution is -2.41. The van der Waals surface area contributed by atoms with Gasteiger partial charge < -0.3 is 10.2 Å². The zero-order valence-electron chi connectivity index (χ0n) is 22.2. The van der Waals surface area contributed by atoms with E-state index >= 15 is 0 Å². The van der Waals surface area contributed by atoms with Crippen molar-refractivity contribution in [3.8, 4) is 11.1 Å². The fourth-order valence-electron chi connectivity index (χ4n) is 6.25. The summed E-state index contributed by atoms with van der Waals surface area (Å²) in [7, 11) is 2.11. The van der Waals surface area contributed by atoms with Crippen LogP contribution in [0.25, 0.3) is 16.7 Å². The predicted octanol–water partition coefficient (Wildman–Crippen LogP) is 7.79. The molecule has 0 bridgehead atoms. The van der Waals surface area contributed by atoms with Gasteiger partial charge >= 0.3 is 0 Å². The molecule has 0 saturated heterocycles. The topological polar surface area (TPSA) is 15.3 Å². The van der Waals surface area contributed by atoms with Crippen LogP contribution < -0.4 is 5.32 Å². The van der Waals surface area contributed by atoms with E-state index in [1.165, 1.54) is 75.9 Å². The van der Waals surface area contributed by atoms with Gasteiger partial charge in [-0.1, -0.05) is 80.2 Å². The molecule has 0 unspecified atom stereocenters. The van der Waals surface area contributed by atoms with Crippen molar-refractivity contribution < 1.29 is 0 Å². The third-order valence-electron chi connectivity index (χ3n) is 8.52. The Morgan fingerprint density at radius 3 is 2.31 bits per heavy atom. The van der Waals surface area contributed by atoms with Gasteiger partial charge in [-0.15, -0.1) is 0 Å². The fourth-order valence-corrected chi connectivity index (χ4v) is 6.25. The van der Waals surface area contributed by atoms with Gasteiger partial charge in [0.1, 0.15) is 0 Å². The van der Waals surface area contributed by atoms with Crippen LogP contribution in [0.3, 0.4) is 0 Å². The van der Waals surface area contributed by atoms with Crippen LogP contribution in [0, 0.1) is 0 Å². The van der Waals surface area contributed by atoms with Gasteiger partial charge in [-0.25, -0.2) is 0 Å². The molecule has 1 fully saturated rings. The molecule has 36 heavy (non-hydrogen) atoms. The van der Waals surface area contributed by atoms with Crippen molar-refractivity contribution in [2.75, 3.05) is 7.05 Å². The van der Waals surface area contributed by atoms with Crippen molar-refractivity contribution in [2.45, 2.75) is 71.0 Å². The van der Waals surface area contributed by atoms with Gasteiger partial charge in [0.05, 0.1) is 0 Å². The summed E-state index contributed by atoms with van der Waals surface area (Å²) in [6, 6.07) is 27.9. The summed E-state index contributed by atoms with van der Waals surface area (Å²) in [5, 5.41) is 3.51. The van der Waals surface area contributed by atoms with E-state index in [-0.39, 0.29) is 0 Å². The van der Waals surface area contributed by atoms with Crippen LogP contribution in [0.2, 0.25) is 0 Å². The van der Waals surface area contributed by atoms with E-state index in [4.69, 9.17) is 6.58 Å². The molecule has 2 nitrogen and oxygen atoms in total. The van der Waals surface area contributed by atoms with Crippen LogP contribution in [0.1, 0.15) is 61.8 Å². The molecule has 2 heteroatoms. The van der Waals surface area contributed by atoms with Gasteiger partial charge in [0, 0.05) is 30.7 Å². The molecular formula is C34H40N2. The maximum absolute atomic E-state index is 4.77. The summed E-state index contributed by atoms with van der Waals surface area (Å²) < 4.78 is 0. The number of aryl methyl sites for hydroxylation is 1. The molecule has 0 atom stereocenters. The third kappa shape index (κ3) is 4.92. The molecule has 0 aromatic heterocycles. The molecule has 186 valence electrons. The van der Waals surface area contributed by atoms with Crippen LogP contribution in [0.5, 0.6) is 0 Å². The first-order valence-corrected chi connectivity index (χ1v) is 13.7. The SMILES string of the molecule is C=C(C1=C(C)c2ccccc2C1)N(Cc1cc(-c2ccccc2)ccc1CC)C1CCC(NC)CC1. The molecular weight excluding hydrogens is 436 g/mol. The zero-order chi connectivity index (χ0) is 25.1. The number of nitrogens with zero attached hydrogens (tertiary/aromatic N) is 1. The summed E-state index contributed by atoms with van der Waals surface area (Å²) in [5.41, 5.74) is 12.3. The Morgan fingerprint density at radius 1 is 0.889 bits per heavy atom. The number of benzene rings is 3. The van der Waals surface area contributed by atoms with Crippen LogP contribution in [0.15, 0.2) is 90.6 Å². The summed E-state index contributed by atoms with van der Waals surface area (Å²) >= 11 is 0. The quantitative estimate of drug-likeness (QED) is 0.357. The molecule has 1 saturated carbocycles. The first kappa shape index (κ1) is 24.6. The van der Waals surface area contributed by atoms with Crippen LogP contribution in [0.4, 0.5) is 0 Å². The number of rotatable bonds is 8. The number of allylic oxidation sites excluding steroid dienone is 2. The lowest BCUT2D eigenvalue weighted by Gasteiger charge is -2.40. The minimum atomic E-state index is 0.524. The van der Waals surface area contributed by atoms with Crippen molar-refractivity contribution in [2.24, 2.45) is 0 Å². The van der Waals surface area contributed by atoms with E-state index in [9.17, 15) is 0 Å². The molecule has 2 aliphatic carbocycles. The summed E-state index contributed by atoms with van der Waals surface area (Å²) in [6.07, 6.45) is 6.92. The summed E-state index contributed by atoms with van der Waals surface area (Å²) in [5.74, 6) is 0. The van der Waals surface area contributed by atoms with E-state index in [1.54, 1.807) is 0 Å². The van der Waals surface area contributed by atoms with Crippen molar-refractivity contribution in [1.82, 2.24) is 10.2 Å².